The predicted molar refractivity (Wildman–Crippen MR) is 72.9 cm³/mol. The number of fused-ring (bicyclic) bond motifs is 2. The van der Waals surface area contributed by atoms with E-state index in [0.717, 1.165) is 12.8 Å². The van der Waals surface area contributed by atoms with Crippen molar-refractivity contribution in [1.29, 1.82) is 0 Å². The molecule has 1 aromatic carbocycles. The van der Waals surface area contributed by atoms with E-state index < -0.39 is 0 Å². The summed E-state index contributed by atoms with van der Waals surface area (Å²) in [6.07, 6.45) is 2.81. The molecular weight excluding hydrogens is 258 g/mol. The van der Waals surface area contributed by atoms with Crippen molar-refractivity contribution in [3.05, 3.63) is 23.8 Å². The fourth-order valence-corrected chi connectivity index (χ4v) is 3.48. The lowest BCUT2D eigenvalue weighted by Crippen LogP contribution is -2.48. The van der Waals surface area contributed by atoms with Gasteiger partial charge in [0.2, 0.25) is 0 Å². The van der Waals surface area contributed by atoms with Crippen LogP contribution in [-0.2, 0) is 0 Å². The first-order valence-electron chi connectivity index (χ1n) is 6.98. The lowest BCUT2D eigenvalue weighted by molar-refractivity contribution is 0.0284. The number of hydrogen-bond acceptors (Lipinski definition) is 4. The van der Waals surface area contributed by atoms with Crippen LogP contribution in [-0.4, -0.2) is 46.3 Å². The van der Waals surface area contributed by atoms with Gasteiger partial charge in [0.25, 0.3) is 5.91 Å². The second-order valence-electron chi connectivity index (χ2n) is 5.58. The first-order valence-corrected chi connectivity index (χ1v) is 6.98. The Morgan fingerprint density at radius 2 is 1.95 bits per heavy atom. The number of methoxy groups -OCH3 is 1. The van der Waals surface area contributed by atoms with Crippen molar-refractivity contribution in [3.8, 4) is 11.5 Å². The zero-order valence-corrected chi connectivity index (χ0v) is 11.5. The van der Waals surface area contributed by atoms with E-state index in [1.807, 2.05) is 4.90 Å². The average molecular weight is 277 g/mol. The smallest absolute Gasteiger partial charge is 0.258 e. The standard InChI is InChI=1S/C15H19NO4/c1-20-13-4-2-3-12(14(13)18)15(19)16-9-5-6-10(16)8-11(17)7-9/h2-4,9-11,17-18H,5-8H2,1H3. The molecule has 1 aromatic rings. The average Bonchev–Trinajstić information content (AvgIpc) is 2.70. The van der Waals surface area contributed by atoms with Gasteiger partial charge in [-0.2, -0.15) is 0 Å². The first-order chi connectivity index (χ1) is 9.61. The second kappa shape index (κ2) is 4.98. The van der Waals surface area contributed by atoms with Crippen LogP contribution in [0.1, 0.15) is 36.0 Å². The monoisotopic (exact) mass is 277 g/mol. The van der Waals surface area contributed by atoms with Gasteiger partial charge in [-0.25, -0.2) is 0 Å². The molecule has 2 aliphatic heterocycles. The third-order valence-corrected chi connectivity index (χ3v) is 4.39. The Morgan fingerprint density at radius 3 is 2.55 bits per heavy atom. The van der Waals surface area contributed by atoms with E-state index in [4.69, 9.17) is 4.74 Å². The highest BCUT2D eigenvalue weighted by molar-refractivity contribution is 5.98. The second-order valence-corrected chi connectivity index (χ2v) is 5.58. The molecule has 1 amide bonds. The number of nitrogens with zero attached hydrogens (tertiary/aromatic N) is 1. The number of aromatic hydroxyl groups is 1. The molecule has 0 radical (unpaired) electrons. The molecule has 5 nitrogen and oxygen atoms in total. The third kappa shape index (κ3) is 2.02. The molecule has 5 heteroatoms. The van der Waals surface area contributed by atoms with Crippen molar-refractivity contribution in [1.82, 2.24) is 4.90 Å². The zero-order chi connectivity index (χ0) is 14.3. The Kier molecular flexibility index (Phi) is 3.30. The summed E-state index contributed by atoms with van der Waals surface area (Å²) in [4.78, 5) is 14.5. The SMILES string of the molecule is COc1cccc(C(=O)N2C3CCC2CC(O)C3)c1O. The number of para-hydroxylation sites is 1. The number of amides is 1. The maximum Gasteiger partial charge on any atom is 0.258 e. The van der Waals surface area contributed by atoms with Crippen molar-refractivity contribution in [3.63, 3.8) is 0 Å². The fourth-order valence-electron chi connectivity index (χ4n) is 3.48. The van der Waals surface area contributed by atoms with Crippen molar-refractivity contribution in [2.75, 3.05) is 7.11 Å². The number of aliphatic hydroxyl groups excluding tert-OH is 1. The van der Waals surface area contributed by atoms with Gasteiger partial charge in [-0.1, -0.05) is 6.07 Å². The number of benzene rings is 1. The van der Waals surface area contributed by atoms with E-state index in [-0.39, 0.29) is 35.4 Å². The van der Waals surface area contributed by atoms with Gasteiger partial charge < -0.3 is 19.8 Å². The largest absolute Gasteiger partial charge is 0.504 e. The van der Waals surface area contributed by atoms with Crippen LogP contribution in [0.2, 0.25) is 0 Å². The van der Waals surface area contributed by atoms with Gasteiger partial charge in [0.15, 0.2) is 11.5 Å². The summed E-state index contributed by atoms with van der Waals surface area (Å²) in [5.41, 5.74) is 0.276. The van der Waals surface area contributed by atoms with E-state index in [1.54, 1.807) is 18.2 Å². The highest BCUT2D eigenvalue weighted by Crippen LogP contribution is 2.39. The van der Waals surface area contributed by atoms with Crippen molar-refractivity contribution >= 4 is 5.91 Å². The van der Waals surface area contributed by atoms with Crippen LogP contribution >= 0.6 is 0 Å². The maximum absolute atomic E-state index is 12.7. The quantitative estimate of drug-likeness (QED) is 0.860. The van der Waals surface area contributed by atoms with Gasteiger partial charge in [0.05, 0.1) is 18.8 Å². The molecule has 0 saturated carbocycles. The Labute approximate surface area is 117 Å². The number of piperidine rings is 1. The molecule has 2 bridgehead atoms. The lowest BCUT2D eigenvalue weighted by atomic mass is 9.98. The van der Waals surface area contributed by atoms with Gasteiger partial charge >= 0.3 is 0 Å². The summed E-state index contributed by atoms with van der Waals surface area (Å²) in [7, 11) is 1.46. The van der Waals surface area contributed by atoms with Crippen LogP contribution in [0.25, 0.3) is 0 Å². The summed E-state index contributed by atoms with van der Waals surface area (Å²) in [6.45, 7) is 0. The molecule has 0 spiro atoms. The van der Waals surface area contributed by atoms with E-state index in [0.29, 0.717) is 18.6 Å². The fraction of sp³-hybridized carbons (Fsp3) is 0.533. The summed E-state index contributed by atoms with van der Waals surface area (Å²) in [5.74, 6) is 0.0339. The Hall–Kier alpha value is -1.75. The molecular formula is C15H19NO4. The number of carbonyl (C=O) groups excluding carboxylic acids is 1. The molecule has 2 saturated heterocycles. The third-order valence-electron chi connectivity index (χ3n) is 4.39. The first kappa shape index (κ1) is 13.2. The molecule has 2 heterocycles. The molecule has 20 heavy (non-hydrogen) atoms. The van der Waals surface area contributed by atoms with Gasteiger partial charge in [0, 0.05) is 12.1 Å². The molecule has 2 atom stereocenters. The number of rotatable bonds is 2. The number of phenolic OH excluding ortho intramolecular Hbond substituents is 1. The zero-order valence-electron chi connectivity index (χ0n) is 11.5. The van der Waals surface area contributed by atoms with Crippen LogP contribution in [0.5, 0.6) is 11.5 Å². The topological polar surface area (TPSA) is 70.0 Å². The molecule has 2 N–H and O–H groups in total. The van der Waals surface area contributed by atoms with E-state index in [2.05, 4.69) is 0 Å². The predicted octanol–water partition coefficient (Wildman–Crippen LogP) is 1.53. The maximum atomic E-state index is 12.7. The van der Waals surface area contributed by atoms with Crippen LogP contribution in [0.4, 0.5) is 0 Å². The minimum absolute atomic E-state index is 0.0850. The van der Waals surface area contributed by atoms with E-state index >= 15 is 0 Å². The van der Waals surface area contributed by atoms with Crippen molar-refractivity contribution in [2.45, 2.75) is 43.9 Å². The van der Waals surface area contributed by atoms with Crippen molar-refractivity contribution < 1.29 is 19.7 Å². The molecule has 2 aliphatic rings. The molecule has 0 aromatic heterocycles. The molecule has 2 unspecified atom stereocenters. The summed E-state index contributed by atoms with van der Waals surface area (Å²) in [5, 5.41) is 19.9. The van der Waals surface area contributed by atoms with Crippen LogP contribution < -0.4 is 4.74 Å². The molecule has 2 fully saturated rings. The number of aliphatic hydroxyl groups is 1. The summed E-state index contributed by atoms with van der Waals surface area (Å²) < 4.78 is 5.05. The summed E-state index contributed by atoms with van der Waals surface area (Å²) >= 11 is 0. The Balaban J connectivity index is 1.90. The highest BCUT2D eigenvalue weighted by atomic mass is 16.5. The summed E-state index contributed by atoms with van der Waals surface area (Å²) in [6, 6.07) is 5.11. The van der Waals surface area contributed by atoms with Crippen LogP contribution in [0, 0.1) is 0 Å². The highest BCUT2D eigenvalue weighted by Gasteiger charge is 2.43. The number of carbonyl (C=O) groups is 1. The number of ether oxygens (including phenoxy) is 1. The number of hydrogen-bond donors (Lipinski definition) is 2. The van der Waals surface area contributed by atoms with E-state index in [9.17, 15) is 15.0 Å². The van der Waals surface area contributed by atoms with Crippen molar-refractivity contribution in [2.24, 2.45) is 0 Å². The van der Waals surface area contributed by atoms with Gasteiger partial charge in [-0.05, 0) is 37.8 Å². The van der Waals surface area contributed by atoms with E-state index in [1.165, 1.54) is 7.11 Å². The van der Waals surface area contributed by atoms with Gasteiger partial charge in [-0.3, -0.25) is 4.79 Å². The van der Waals surface area contributed by atoms with Gasteiger partial charge in [0.1, 0.15) is 0 Å². The molecule has 108 valence electrons. The molecule has 0 aliphatic carbocycles. The Bertz CT molecular complexity index is 517. The van der Waals surface area contributed by atoms with Gasteiger partial charge in [-0.15, -0.1) is 0 Å². The minimum Gasteiger partial charge on any atom is -0.504 e. The lowest BCUT2D eigenvalue weighted by Gasteiger charge is -2.37. The number of phenols is 1. The van der Waals surface area contributed by atoms with Crippen LogP contribution in [0.3, 0.4) is 0 Å². The van der Waals surface area contributed by atoms with Crippen LogP contribution in [0.15, 0.2) is 18.2 Å². The normalized spacial score (nSPS) is 28.5. The Morgan fingerprint density at radius 1 is 1.30 bits per heavy atom. The minimum atomic E-state index is -0.310. The molecule has 3 rings (SSSR count).